The molecule has 0 unspecified atom stereocenters. The number of carbonyl (C=O) groups excluding carboxylic acids is 3. The van der Waals surface area contributed by atoms with E-state index < -0.39 is 17.8 Å². The fourth-order valence-corrected chi connectivity index (χ4v) is 6.09. The van der Waals surface area contributed by atoms with Gasteiger partial charge in [0.1, 0.15) is 6.54 Å². The molecule has 15 heteroatoms. The van der Waals surface area contributed by atoms with Gasteiger partial charge in [0.05, 0.1) is 28.0 Å². The van der Waals surface area contributed by atoms with Crippen molar-refractivity contribution in [2.45, 2.75) is 44.4 Å². The number of anilines is 1. The highest BCUT2D eigenvalue weighted by molar-refractivity contribution is 6.34. The van der Waals surface area contributed by atoms with Crippen LogP contribution in [0.25, 0.3) is 11.3 Å². The van der Waals surface area contributed by atoms with Gasteiger partial charge in [-0.2, -0.15) is 18.3 Å². The number of carbonyl (C=O) groups is 3. The zero-order valence-corrected chi connectivity index (χ0v) is 25.2. The Hall–Kier alpha value is -4.35. The summed E-state index contributed by atoms with van der Waals surface area (Å²) in [6.07, 6.45) is 6.17. The molecule has 5 rings (SSSR count). The van der Waals surface area contributed by atoms with Crippen molar-refractivity contribution in [1.82, 2.24) is 29.1 Å². The molecular weight excluding hydrogens is 613 g/mol. The van der Waals surface area contributed by atoms with Gasteiger partial charge >= 0.3 is 6.18 Å². The molecule has 1 saturated heterocycles. The van der Waals surface area contributed by atoms with E-state index in [9.17, 15) is 27.6 Å². The Morgan fingerprint density at radius 1 is 1.16 bits per heavy atom. The molecule has 2 atom stereocenters. The average molecular weight is 645 g/mol. The summed E-state index contributed by atoms with van der Waals surface area (Å²) in [7, 11) is 1.40. The Morgan fingerprint density at radius 3 is 2.51 bits per heavy atom. The SMILES string of the molecule is C#CCn1cc(-c2cnc(C(=O)Nc3ccc(C(=O)N4CCN(C(=O)[C@H]5CCC[C@H](N)C5)CC4)c(Cl)c3)n2C)c(C(F)(F)F)n1. The molecule has 0 spiro atoms. The minimum absolute atomic E-state index is 0.0128. The van der Waals surface area contributed by atoms with Gasteiger partial charge in [-0.25, -0.2) is 4.98 Å². The number of nitrogens with two attached hydrogens (primary N) is 1. The number of hydrogen-bond donors (Lipinski definition) is 2. The first kappa shape index (κ1) is 32.1. The molecule has 2 aliphatic rings. The molecule has 1 aromatic carbocycles. The Balaban J connectivity index is 1.23. The predicted octanol–water partition coefficient (Wildman–Crippen LogP) is 3.64. The summed E-state index contributed by atoms with van der Waals surface area (Å²) < 4.78 is 43.2. The summed E-state index contributed by atoms with van der Waals surface area (Å²) in [6, 6.07) is 4.45. The van der Waals surface area contributed by atoms with E-state index in [1.807, 2.05) is 0 Å². The Kier molecular flexibility index (Phi) is 9.22. The summed E-state index contributed by atoms with van der Waals surface area (Å²) in [6.45, 7) is 1.39. The summed E-state index contributed by atoms with van der Waals surface area (Å²) in [5.41, 5.74) is 5.12. The highest BCUT2D eigenvalue weighted by Gasteiger charge is 2.39. The van der Waals surface area contributed by atoms with Crippen molar-refractivity contribution in [3.8, 4) is 23.6 Å². The minimum atomic E-state index is -4.76. The molecule has 2 aromatic heterocycles. The molecule has 1 aliphatic heterocycles. The summed E-state index contributed by atoms with van der Waals surface area (Å²) >= 11 is 6.45. The standard InChI is InChI=1S/C30H32ClF3N8O3/c1-3-9-42-17-22(25(38-42)30(32,33)34)24-16-36-26(39(24)2)27(43)37-20-7-8-21(23(31)15-20)29(45)41-12-10-40(11-13-41)28(44)18-5-4-6-19(35)14-18/h1,7-8,15-19H,4-6,9-14,35H2,2H3,(H,37,43)/t18-,19-/m0/s1. The van der Waals surface area contributed by atoms with Gasteiger partial charge in [-0.1, -0.05) is 23.9 Å². The van der Waals surface area contributed by atoms with Crippen molar-refractivity contribution in [2.75, 3.05) is 31.5 Å². The van der Waals surface area contributed by atoms with Gasteiger partial charge in [-0.3, -0.25) is 19.1 Å². The van der Waals surface area contributed by atoms with Crippen molar-refractivity contribution < 1.29 is 27.6 Å². The van der Waals surface area contributed by atoms with Crippen LogP contribution < -0.4 is 11.1 Å². The van der Waals surface area contributed by atoms with Crippen molar-refractivity contribution in [2.24, 2.45) is 18.7 Å². The number of terminal acetylenes is 1. The Morgan fingerprint density at radius 2 is 1.87 bits per heavy atom. The smallest absolute Gasteiger partial charge is 0.339 e. The number of amides is 3. The lowest BCUT2D eigenvalue weighted by Crippen LogP contribution is -2.52. The first-order chi connectivity index (χ1) is 21.4. The molecule has 11 nitrogen and oxygen atoms in total. The second-order valence-corrected chi connectivity index (χ2v) is 11.6. The van der Waals surface area contributed by atoms with Crippen LogP contribution in [0.2, 0.25) is 5.02 Å². The van der Waals surface area contributed by atoms with Crippen LogP contribution in [0.4, 0.5) is 18.9 Å². The average Bonchev–Trinajstić information content (AvgIpc) is 3.60. The predicted molar refractivity (Wildman–Crippen MR) is 160 cm³/mol. The molecule has 3 aromatic rings. The monoisotopic (exact) mass is 644 g/mol. The van der Waals surface area contributed by atoms with E-state index in [-0.39, 0.29) is 63.7 Å². The molecule has 1 saturated carbocycles. The maximum atomic E-state index is 13.7. The van der Waals surface area contributed by atoms with Crippen LogP contribution in [0.1, 0.15) is 52.4 Å². The Labute approximate surface area is 262 Å². The highest BCUT2D eigenvalue weighted by atomic mass is 35.5. The number of benzene rings is 1. The van der Waals surface area contributed by atoms with Crippen molar-refractivity contribution in [3.63, 3.8) is 0 Å². The number of nitrogens with one attached hydrogen (secondary N) is 1. The van der Waals surface area contributed by atoms with E-state index in [2.05, 4.69) is 21.3 Å². The van der Waals surface area contributed by atoms with Crippen LogP contribution in [-0.4, -0.2) is 79.1 Å². The van der Waals surface area contributed by atoms with E-state index in [1.165, 1.54) is 29.8 Å². The molecule has 238 valence electrons. The van der Waals surface area contributed by atoms with Gasteiger partial charge in [0.25, 0.3) is 11.8 Å². The fraction of sp³-hybridized carbons (Fsp3) is 0.433. The number of piperazine rings is 1. The van der Waals surface area contributed by atoms with E-state index in [4.69, 9.17) is 23.8 Å². The second-order valence-electron chi connectivity index (χ2n) is 11.2. The van der Waals surface area contributed by atoms with Gasteiger partial charge in [0.2, 0.25) is 5.91 Å². The lowest BCUT2D eigenvalue weighted by molar-refractivity contribution is -0.141. The van der Waals surface area contributed by atoms with E-state index >= 15 is 0 Å². The van der Waals surface area contributed by atoms with Crippen molar-refractivity contribution in [3.05, 3.63) is 52.7 Å². The zero-order chi connectivity index (χ0) is 32.5. The third-order valence-electron chi connectivity index (χ3n) is 8.15. The molecule has 3 N–H and O–H groups in total. The number of hydrogen-bond acceptors (Lipinski definition) is 6. The molecule has 45 heavy (non-hydrogen) atoms. The maximum Gasteiger partial charge on any atom is 0.435 e. The Bertz CT molecular complexity index is 1650. The normalized spacial score (nSPS) is 18.9. The van der Waals surface area contributed by atoms with E-state index in [0.29, 0.717) is 32.6 Å². The topological polar surface area (TPSA) is 131 Å². The van der Waals surface area contributed by atoms with Crippen LogP contribution in [0.3, 0.4) is 0 Å². The van der Waals surface area contributed by atoms with Gasteiger partial charge in [-0.15, -0.1) is 6.42 Å². The number of alkyl halides is 3. The number of imidazole rings is 1. The van der Waals surface area contributed by atoms with Crippen molar-refractivity contribution >= 4 is 35.0 Å². The van der Waals surface area contributed by atoms with Gasteiger partial charge < -0.3 is 25.4 Å². The lowest BCUT2D eigenvalue weighted by atomic mass is 9.85. The second kappa shape index (κ2) is 12.9. The van der Waals surface area contributed by atoms with Crippen LogP contribution in [0.15, 0.2) is 30.6 Å². The molecule has 3 amide bonds. The van der Waals surface area contributed by atoms with Gasteiger partial charge in [-0.05, 0) is 37.5 Å². The van der Waals surface area contributed by atoms with Crippen LogP contribution in [-0.2, 0) is 24.6 Å². The number of aromatic nitrogens is 4. The first-order valence-corrected chi connectivity index (χ1v) is 14.8. The number of halogens is 4. The van der Waals surface area contributed by atoms with E-state index in [0.717, 1.165) is 36.3 Å². The molecule has 0 bridgehead atoms. The number of nitrogens with zero attached hydrogens (tertiary/aromatic N) is 6. The quantitative estimate of drug-likeness (QED) is 0.394. The van der Waals surface area contributed by atoms with E-state index in [1.54, 1.807) is 9.80 Å². The molecule has 3 heterocycles. The highest BCUT2D eigenvalue weighted by Crippen LogP contribution is 2.36. The molecular formula is C30H32ClF3N8O3. The lowest BCUT2D eigenvalue weighted by Gasteiger charge is -2.38. The van der Waals surface area contributed by atoms with Gasteiger partial charge in [0, 0.05) is 57.1 Å². The van der Waals surface area contributed by atoms with Crippen LogP contribution in [0.5, 0.6) is 0 Å². The molecule has 0 radical (unpaired) electrons. The third-order valence-corrected chi connectivity index (χ3v) is 8.46. The summed E-state index contributed by atoms with van der Waals surface area (Å²) in [5.74, 6) is 1.09. The zero-order valence-electron chi connectivity index (χ0n) is 24.5. The fourth-order valence-electron chi connectivity index (χ4n) is 5.83. The summed E-state index contributed by atoms with van der Waals surface area (Å²) in [4.78, 5) is 46.7. The maximum absolute atomic E-state index is 13.7. The third kappa shape index (κ3) is 6.84. The minimum Gasteiger partial charge on any atom is -0.339 e. The molecule has 2 fully saturated rings. The first-order valence-electron chi connectivity index (χ1n) is 14.4. The van der Waals surface area contributed by atoms with Crippen LogP contribution >= 0.6 is 11.6 Å². The van der Waals surface area contributed by atoms with Crippen LogP contribution in [0, 0.1) is 18.3 Å². The number of rotatable bonds is 6. The largest absolute Gasteiger partial charge is 0.435 e. The van der Waals surface area contributed by atoms with Crippen molar-refractivity contribution in [1.29, 1.82) is 0 Å². The van der Waals surface area contributed by atoms with Gasteiger partial charge in [0.15, 0.2) is 11.5 Å². The molecule has 1 aliphatic carbocycles. The summed E-state index contributed by atoms with van der Waals surface area (Å²) in [5, 5.41) is 6.27.